The molecule has 1 heterocycles. The SMILES string of the molecule is NCCC(CN)CCN1C(=O)c2cccc3cccc(c23)C1=O. The average Bonchev–Trinajstić information content (AvgIpc) is 2.58. The number of carbonyl (C=O) groups is 2. The van der Waals surface area contributed by atoms with E-state index in [1.165, 1.54) is 4.90 Å². The number of amides is 2. The molecule has 0 radical (unpaired) electrons. The van der Waals surface area contributed by atoms with Crippen LogP contribution in [-0.4, -0.2) is 36.3 Å². The minimum atomic E-state index is -0.220. The van der Waals surface area contributed by atoms with Crippen molar-refractivity contribution in [2.45, 2.75) is 12.8 Å². The van der Waals surface area contributed by atoms with E-state index in [1.54, 1.807) is 12.1 Å². The maximum absolute atomic E-state index is 12.7. The quantitative estimate of drug-likeness (QED) is 0.795. The molecule has 2 amide bonds. The van der Waals surface area contributed by atoms with Gasteiger partial charge >= 0.3 is 0 Å². The van der Waals surface area contributed by atoms with Gasteiger partial charge in [-0.2, -0.15) is 0 Å². The Hall–Kier alpha value is -2.24. The van der Waals surface area contributed by atoms with Crippen molar-refractivity contribution in [3.8, 4) is 0 Å². The molecule has 0 bridgehead atoms. The van der Waals surface area contributed by atoms with E-state index in [2.05, 4.69) is 0 Å². The van der Waals surface area contributed by atoms with Crippen LogP contribution in [0.25, 0.3) is 10.8 Å². The molecule has 0 aliphatic carbocycles. The third-order valence-electron chi connectivity index (χ3n) is 4.53. The molecule has 5 nitrogen and oxygen atoms in total. The number of imide groups is 1. The monoisotopic (exact) mass is 311 g/mol. The molecule has 0 fully saturated rings. The Labute approximate surface area is 135 Å². The zero-order valence-corrected chi connectivity index (χ0v) is 13.0. The Bertz CT molecular complexity index is 706. The summed E-state index contributed by atoms with van der Waals surface area (Å²) in [7, 11) is 0. The van der Waals surface area contributed by atoms with E-state index in [4.69, 9.17) is 11.5 Å². The lowest BCUT2D eigenvalue weighted by Gasteiger charge is -2.28. The summed E-state index contributed by atoms with van der Waals surface area (Å²) in [5, 5.41) is 1.68. The average molecular weight is 311 g/mol. The van der Waals surface area contributed by atoms with Crippen LogP contribution in [0.1, 0.15) is 33.6 Å². The van der Waals surface area contributed by atoms with Gasteiger partial charge < -0.3 is 11.5 Å². The molecule has 0 spiro atoms. The second kappa shape index (κ2) is 6.48. The third kappa shape index (κ3) is 2.73. The summed E-state index contributed by atoms with van der Waals surface area (Å²) in [6.45, 7) is 1.45. The number of nitrogens with zero attached hydrogens (tertiary/aromatic N) is 1. The van der Waals surface area contributed by atoms with Gasteiger partial charge in [-0.15, -0.1) is 0 Å². The summed E-state index contributed by atoms with van der Waals surface area (Å²) >= 11 is 0. The molecule has 0 aromatic heterocycles. The van der Waals surface area contributed by atoms with Gasteiger partial charge in [0.15, 0.2) is 0 Å². The maximum atomic E-state index is 12.7. The van der Waals surface area contributed by atoms with Gasteiger partial charge in [-0.25, -0.2) is 0 Å². The second-order valence-electron chi connectivity index (χ2n) is 5.94. The maximum Gasteiger partial charge on any atom is 0.261 e. The Kier molecular flexibility index (Phi) is 4.41. The van der Waals surface area contributed by atoms with Gasteiger partial charge in [0.2, 0.25) is 0 Å². The third-order valence-corrected chi connectivity index (χ3v) is 4.53. The first-order valence-corrected chi connectivity index (χ1v) is 7.95. The summed E-state index contributed by atoms with van der Waals surface area (Å²) in [5.74, 6) is -0.209. The second-order valence-corrected chi connectivity index (χ2v) is 5.94. The van der Waals surface area contributed by atoms with Crippen LogP contribution in [0.3, 0.4) is 0 Å². The molecule has 5 heteroatoms. The number of hydrogen-bond acceptors (Lipinski definition) is 4. The van der Waals surface area contributed by atoms with E-state index in [-0.39, 0.29) is 17.7 Å². The first kappa shape index (κ1) is 15.6. The molecule has 4 N–H and O–H groups in total. The van der Waals surface area contributed by atoms with E-state index in [1.807, 2.05) is 24.3 Å². The van der Waals surface area contributed by atoms with Crippen LogP contribution in [0.15, 0.2) is 36.4 Å². The van der Waals surface area contributed by atoms with Gasteiger partial charge in [0.25, 0.3) is 11.8 Å². The topological polar surface area (TPSA) is 89.4 Å². The molecule has 1 atom stereocenters. The molecule has 0 saturated carbocycles. The van der Waals surface area contributed by atoms with Gasteiger partial charge in [0.1, 0.15) is 0 Å². The van der Waals surface area contributed by atoms with Crippen LogP contribution in [0, 0.1) is 5.92 Å². The lowest BCUT2D eigenvalue weighted by atomic mass is 9.93. The lowest BCUT2D eigenvalue weighted by Crippen LogP contribution is -2.41. The summed E-state index contributed by atoms with van der Waals surface area (Å²) in [4.78, 5) is 26.8. The Morgan fingerprint density at radius 3 is 2.04 bits per heavy atom. The summed E-state index contributed by atoms with van der Waals surface area (Å²) in [6, 6.07) is 11.1. The van der Waals surface area contributed by atoms with E-state index >= 15 is 0 Å². The van der Waals surface area contributed by atoms with Crippen molar-refractivity contribution in [2.24, 2.45) is 17.4 Å². The first-order chi connectivity index (χ1) is 11.2. The highest BCUT2D eigenvalue weighted by atomic mass is 16.2. The van der Waals surface area contributed by atoms with Crippen LogP contribution < -0.4 is 11.5 Å². The number of nitrogens with two attached hydrogens (primary N) is 2. The van der Waals surface area contributed by atoms with Gasteiger partial charge in [-0.1, -0.05) is 24.3 Å². The predicted molar refractivity (Wildman–Crippen MR) is 90.1 cm³/mol. The van der Waals surface area contributed by atoms with Crippen molar-refractivity contribution in [3.05, 3.63) is 47.5 Å². The fourth-order valence-electron chi connectivity index (χ4n) is 3.21. The highest BCUT2D eigenvalue weighted by Gasteiger charge is 2.32. The zero-order chi connectivity index (χ0) is 16.4. The highest BCUT2D eigenvalue weighted by Crippen LogP contribution is 2.30. The van der Waals surface area contributed by atoms with E-state index in [0.29, 0.717) is 37.2 Å². The summed E-state index contributed by atoms with van der Waals surface area (Å²) in [5.41, 5.74) is 12.5. The first-order valence-electron chi connectivity index (χ1n) is 7.95. The molecule has 23 heavy (non-hydrogen) atoms. The fraction of sp³-hybridized carbons (Fsp3) is 0.333. The lowest BCUT2D eigenvalue weighted by molar-refractivity contribution is 0.0601. The standard InChI is InChI=1S/C18H21N3O2/c19-9-7-12(11-20)8-10-21-17(22)14-5-1-3-13-4-2-6-15(16(13)14)18(21)23/h1-6,12H,7-11,19-20H2. The normalized spacial score (nSPS) is 15.3. The predicted octanol–water partition coefficient (Wildman–Crippen LogP) is 1.75. The Balaban J connectivity index is 1.91. The van der Waals surface area contributed by atoms with Crippen LogP contribution in [-0.2, 0) is 0 Å². The smallest absolute Gasteiger partial charge is 0.261 e. The zero-order valence-electron chi connectivity index (χ0n) is 13.0. The minimum Gasteiger partial charge on any atom is -0.330 e. The molecular formula is C18H21N3O2. The molecule has 1 aliphatic rings. The van der Waals surface area contributed by atoms with E-state index in [0.717, 1.165) is 17.2 Å². The van der Waals surface area contributed by atoms with Crippen LogP contribution in [0.4, 0.5) is 0 Å². The molecule has 0 saturated heterocycles. The molecule has 120 valence electrons. The van der Waals surface area contributed by atoms with Crippen LogP contribution >= 0.6 is 0 Å². The van der Waals surface area contributed by atoms with Crippen molar-refractivity contribution in [1.29, 1.82) is 0 Å². The van der Waals surface area contributed by atoms with Gasteiger partial charge in [0, 0.05) is 23.1 Å². The van der Waals surface area contributed by atoms with Crippen molar-refractivity contribution >= 4 is 22.6 Å². The molecule has 2 aromatic carbocycles. The van der Waals surface area contributed by atoms with Crippen LogP contribution in [0.2, 0.25) is 0 Å². The summed E-state index contributed by atoms with van der Waals surface area (Å²) < 4.78 is 0. The van der Waals surface area contributed by atoms with Gasteiger partial charge in [-0.3, -0.25) is 14.5 Å². The summed E-state index contributed by atoms with van der Waals surface area (Å²) in [6.07, 6.45) is 1.49. The number of hydrogen-bond donors (Lipinski definition) is 2. The van der Waals surface area contributed by atoms with E-state index in [9.17, 15) is 9.59 Å². The molecule has 1 unspecified atom stereocenters. The Morgan fingerprint density at radius 1 is 0.913 bits per heavy atom. The van der Waals surface area contributed by atoms with E-state index < -0.39 is 0 Å². The molecule has 3 rings (SSSR count). The fourth-order valence-corrected chi connectivity index (χ4v) is 3.21. The van der Waals surface area contributed by atoms with Gasteiger partial charge in [-0.05, 0) is 49.4 Å². The molecular weight excluding hydrogens is 290 g/mol. The largest absolute Gasteiger partial charge is 0.330 e. The number of benzene rings is 2. The number of carbonyl (C=O) groups excluding carboxylic acids is 2. The molecule has 2 aromatic rings. The minimum absolute atomic E-state index is 0.220. The van der Waals surface area contributed by atoms with Crippen molar-refractivity contribution in [3.63, 3.8) is 0 Å². The van der Waals surface area contributed by atoms with Gasteiger partial charge in [0.05, 0.1) is 0 Å². The van der Waals surface area contributed by atoms with Crippen molar-refractivity contribution in [1.82, 2.24) is 4.90 Å². The molecule has 1 aliphatic heterocycles. The van der Waals surface area contributed by atoms with Crippen molar-refractivity contribution < 1.29 is 9.59 Å². The number of rotatable bonds is 6. The highest BCUT2D eigenvalue weighted by molar-refractivity contribution is 6.25. The Morgan fingerprint density at radius 2 is 1.52 bits per heavy atom. The van der Waals surface area contributed by atoms with Crippen molar-refractivity contribution in [2.75, 3.05) is 19.6 Å². The van der Waals surface area contributed by atoms with Crippen LogP contribution in [0.5, 0.6) is 0 Å².